The quantitative estimate of drug-likeness (QED) is 0.350. The van der Waals surface area contributed by atoms with Gasteiger partial charge in [0.1, 0.15) is 0 Å². The average molecular weight is 472 g/mol. The van der Waals surface area contributed by atoms with Gasteiger partial charge in [0.25, 0.3) is 5.91 Å². The molecule has 1 aromatic carbocycles. The number of unbranched alkanes of at least 4 members (excludes halogenated alkanes) is 4. The van der Waals surface area contributed by atoms with Gasteiger partial charge in [0.05, 0.1) is 23.3 Å². The number of hydrogen-bond donors (Lipinski definition) is 0. The van der Waals surface area contributed by atoms with E-state index in [0.29, 0.717) is 17.7 Å². The fourth-order valence-electron chi connectivity index (χ4n) is 4.68. The van der Waals surface area contributed by atoms with Crippen molar-refractivity contribution in [3.8, 4) is 0 Å². The van der Waals surface area contributed by atoms with Gasteiger partial charge in [-0.3, -0.25) is 14.8 Å². The Labute approximate surface area is 208 Å². The predicted molar refractivity (Wildman–Crippen MR) is 144 cm³/mol. The number of nitrogens with zero attached hydrogens (tertiary/aromatic N) is 5. The second-order valence-electron chi connectivity index (χ2n) is 9.45. The van der Waals surface area contributed by atoms with Crippen LogP contribution in [0.15, 0.2) is 46.4 Å². The molecule has 184 valence electrons. The first-order valence-electron chi connectivity index (χ1n) is 13.0. The van der Waals surface area contributed by atoms with E-state index < -0.39 is 0 Å². The Morgan fingerprint density at radius 3 is 2.60 bits per heavy atom. The highest BCUT2D eigenvalue weighted by molar-refractivity contribution is 6.11. The minimum atomic E-state index is -0.244. The maximum atomic E-state index is 13.4. The minimum Gasteiger partial charge on any atom is -0.313 e. The van der Waals surface area contributed by atoms with Crippen molar-refractivity contribution in [2.24, 2.45) is 17.0 Å². The van der Waals surface area contributed by atoms with Crippen LogP contribution < -0.4 is 5.62 Å². The van der Waals surface area contributed by atoms with Crippen molar-refractivity contribution in [1.82, 2.24) is 14.1 Å². The third-order valence-corrected chi connectivity index (χ3v) is 6.63. The van der Waals surface area contributed by atoms with Crippen molar-refractivity contribution in [3.63, 3.8) is 0 Å². The van der Waals surface area contributed by atoms with E-state index in [9.17, 15) is 4.79 Å². The second kappa shape index (κ2) is 11.4. The van der Waals surface area contributed by atoms with Crippen molar-refractivity contribution >= 4 is 28.7 Å². The van der Waals surface area contributed by atoms with Gasteiger partial charge in [-0.2, -0.15) is 4.99 Å². The Hall–Kier alpha value is -3.28. The predicted octanol–water partition coefficient (Wildman–Crippen LogP) is 5.82. The molecule has 0 atom stereocenters. The number of rotatable bonds is 10. The van der Waals surface area contributed by atoms with Crippen LogP contribution in [0.5, 0.6) is 0 Å². The number of aryl methyl sites for hydroxylation is 4. The monoisotopic (exact) mass is 471 g/mol. The molecule has 0 aliphatic carbocycles. The topological polar surface area (TPSA) is 64.5 Å². The molecule has 4 rings (SSSR count). The van der Waals surface area contributed by atoms with Crippen LogP contribution in [0.1, 0.15) is 79.7 Å². The molecule has 0 bridgehead atoms. The van der Waals surface area contributed by atoms with Crippen LogP contribution >= 0.6 is 0 Å². The SMILES string of the molecule is CCCCCCn1/c(=N/C(=O)c2cc(C)nc(C3=CCN=C3)c2)n(C)c2ccc(CCCC)cc21. The third-order valence-electron chi connectivity index (χ3n) is 6.63. The second-order valence-corrected chi connectivity index (χ2v) is 9.45. The van der Waals surface area contributed by atoms with E-state index in [1.54, 1.807) is 0 Å². The highest BCUT2D eigenvalue weighted by atomic mass is 16.1. The standard InChI is InChI=1S/C29H37N5O/c1-5-7-9-10-16-34-27-18-22(11-8-6-2)12-13-26(27)33(4)29(34)32-28(35)24-17-21(3)31-25(19-24)23-14-15-30-20-23/h12-14,17-20H,5-11,15-16H2,1-4H3/b32-29+. The first kappa shape index (κ1) is 24.8. The van der Waals surface area contributed by atoms with E-state index in [1.807, 2.05) is 38.4 Å². The van der Waals surface area contributed by atoms with Gasteiger partial charge < -0.3 is 9.13 Å². The summed E-state index contributed by atoms with van der Waals surface area (Å²) in [5.74, 6) is -0.244. The first-order chi connectivity index (χ1) is 17.0. The summed E-state index contributed by atoms with van der Waals surface area (Å²) in [4.78, 5) is 27.0. The Kier molecular flexibility index (Phi) is 8.11. The van der Waals surface area contributed by atoms with Crippen LogP contribution in [0.4, 0.5) is 0 Å². The number of imidazole rings is 1. The van der Waals surface area contributed by atoms with Crippen LogP contribution in [0.3, 0.4) is 0 Å². The normalized spacial score (nSPS) is 13.7. The number of pyridine rings is 1. The molecule has 6 heteroatoms. The summed E-state index contributed by atoms with van der Waals surface area (Å²) in [6, 6.07) is 10.3. The fraction of sp³-hybridized carbons (Fsp3) is 0.448. The van der Waals surface area contributed by atoms with Gasteiger partial charge in [0.2, 0.25) is 5.62 Å². The number of aromatic nitrogens is 3. The van der Waals surface area contributed by atoms with Crippen molar-refractivity contribution in [3.05, 3.63) is 64.5 Å². The lowest BCUT2D eigenvalue weighted by Crippen LogP contribution is -2.26. The molecule has 0 spiro atoms. The number of allylic oxidation sites excluding steroid dienone is 1. The number of benzene rings is 1. The van der Waals surface area contributed by atoms with Crippen molar-refractivity contribution in [1.29, 1.82) is 0 Å². The van der Waals surface area contributed by atoms with Crippen molar-refractivity contribution in [2.45, 2.75) is 72.3 Å². The molecule has 1 amide bonds. The summed E-state index contributed by atoms with van der Waals surface area (Å²) in [6.45, 7) is 7.87. The van der Waals surface area contributed by atoms with E-state index in [-0.39, 0.29) is 5.91 Å². The maximum absolute atomic E-state index is 13.4. The summed E-state index contributed by atoms with van der Waals surface area (Å²) in [5, 5.41) is 0. The lowest BCUT2D eigenvalue weighted by Gasteiger charge is -2.07. The molecular weight excluding hydrogens is 434 g/mol. The molecule has 0 saturated carbocycles. The van der Waals surface area contributed by atoms with Crippen LogP contribution in [0.2, 0.25) is 0 Å². The zero-order valence-electron chi connectivity index (χ0n) is 21.5. The smallest absolute Gasteiger partial charge is 0.280 e. The van der Waals surface area contributed by atoms with E-state index >= 15 is 0 Å². The van der Waals surface area contributed by atoms with Crippen LogP contribution in [0.25, 0.3) is 16.6 Å². The summed E-state index contributed by atoms with van der Waals surface area (Å²) in [6.07, 6.45) is 11.9. The van der Waals surface area contributed by atoms with Crippen LogP contribution in [-0.4, -0.2) is 32.8 Å². The Morgan fingerprint density at radius 2 is 1.86 bits per heavy atom. The molecule has 35 heavy (non-hydrogen) atoms. The largest absolute Gasteiger partial charge is 0.313 e. The number of carbonyl (C=O) groups excluding carboxylic acids is 1. The minimum absolute atomic E-state index is 0.244. The van der Waals surface area contributed by atoms with Gasteiger partial charge in [0.15, 0.2) is 0 Å². The first-order valence-corrected chi connectivity index (χ1v) is 13.0. The van der Waals surface area contributed by atoms with Crippen molar-refractivity contribution in [2.75, 3.05) is 6.54 Å². The molecule has 6 nitrogen and oxygen atoms in total. The summed E-state index contributed by atoms with van der Waals surface area (Å²) < 4.78 is 4.29. The molecule has 3 heterocycles. The third kappa shape index (κ3) is 5.69. The van der Waals surface area contributed by atoms with Gasteiger partial charge in [-0.15, -0.1) is 0 Å². The zero-order valence-corrected chi connectivity index (χ0v) is 21.5. The van der Waals surface area contributed by atoms with E-state index in [0.717, 1.165) is 47.4 Å². The van der Waals surface area contributed by atoms with Gasteiger partial charge in [0, 0.05) is 36.6 Å². The van der Waals surface area contributed by atoms with E-state index in [1.165, 1.54) is 37.7 Å². The number of aliphatic imine (C=N–C) groups is 1. The van der Waals surface area contributed by atoms with Gasteiger partial charge in [-0.1, -0.05) is 51.7 Å². The molecule has 0 radical (unpaired) electrons. The fourth-order valence-corrected chi connectivity index (χ4v) is 4.68. The summed E-state index contributed by atoms with van der Waals surface area (Å²) in [5.41, 5.74) is 7.38. The van der Waals surface area contributed by atoms with Gasteiger partial charge in [-0.25, -0.2) is 0 Å². The van der Waals surface area contributed by atoms with Gasteiger partial charge >= 0.3 is 0 Å². The molecular formula is C29H37N5O. The van der Waals surface area contributed by atoms with Crippen molar-refractivity contribution < 1.29 is 4.79 Å². The molecule has 0 N–H and O–H groups in total. The number of hydrogen-bond acceptors (Lipinski definition) is 3. The van der Waals surface area contributed by atoms with Crippen LogP contribution in [0, 0.1) is 6.92 Å². The van der Waals surface area contributed by atoms with E-state index in [2.05, 4.69) is 56.1 Å². The molecule has 3 aromatic rings. The molecule has 0 saturated heterocycles. The highest BCUT2D eigenvalue weighted by Crippen LogP contribution is 2.19. The molecule has 1 aliphatic rings. The Morgan fingerprint density at radius 1 is 1.03 bits per heavy atom. The highest BCUT2D eigenvalue weighted by Gasteiger charge is 2.15. The number of amides is 1. The Balaban J connectivity index is 1.77. The molecule has 0 fully saturated rings. The molecule has 2 aromatic heterocycles. The molecule has 1 aliphatic heterocycles. The lowest BCUT2D eigenvalue weighted by atomic mass is 10.1. The lowest BCUT2D eigenvalue weighted by molar-refractivity contribution is 0.0995. The van der Waals surface area contributed by atoms with Crippen LogP contribution in [-0.2, 0) is 20.0 Å². The maximum Gasteiger partial charge on any atom is 0.280 e. The summed E-state index contributed by atoms with van der Waals surface area (Å²) >= 11 is 0. The Bertz CT molecular complexity index is 1340. The summed E-state index contributed by atoms with van der Waals surface area (Å²) in [7, 11) is 2.01. The van der Waals surface area contributed by atoms with Gasteiger partial charge in [-0.05, 0) is 56.0 Å². The number of carbonyl (C=O) groups is 1. The average Bonchev–Trinajstić information content (AvgIpc) is 3.48. The van der Waals surface area contributed by atoms with E-state index in [4.69, 9.17) is 0 Å². The zero-order chi connectivity index (χ0) is 24.8. The molecule has 0 unspecified atom stereocenters. The number of fused-ring (bicyclic) bond motifs is 1.